The average molecular weight is 408 g/mol. The Morgan fingerprint density at radius 3 is 2.40 bits per heavy atom. The molecule has 1 saturated heterocycles. The Kier molecular flexibility index (Phi) is 7.60. The third kappa shape index (κ3) is 5.92. The van der Waals surface area contributed by atoms with Crippen LogP contribution in [0.2, 0.25) is 0 Å². The zero-order valence-electron chi connectivity index (χ0n) is 17.4. The van der Waals surface area contributed by atoms with Crippen LogP contribution in [0.3, 0.4) is 0 Å². The first kappa shape index (κ1) is 21.6. The second-order valence-electron chi connectivity index (χ2n) is 7.73. The molecule has 0 saturated carbocycles. The molecule has 6 nitrogen and oxygen atoms in total. The maximum absolute atomic E-state index is 12.6. The molecule has 0 radical (unpaired) electrons. The molecule has 1 unspecified atom stereocenters. The first-order valence-electron chi connectivity index (χ1n) is 10.4. The molecule has 1 heterocycles. The van der Waals surface area contributed by atoms with Crippen LogP contribution in [0.25, 0.3) is 0 Å². The Hall–Kier alpha value is -3.15. The molecule has 0 spiro atoms. The number of nitrogens with one attached hydrogen (secondary N) is 1. The molecule has 30 heavy (non-hydrogen) atoms. The van der Waals surface area contributed by atoms with Crippen LogP contribution in [-0.2, 0) is 16.1 Å². The summed E-state index contributed by atoms with van der Waals surface area (Å²) in [7, 11) is 1.77. The van der Waals surface area contributed by atoms with Crippen LogP contribution in [0.1, 0.15) is 35.2 Å². The minimum atomic E-state index is -0.233. The van der Waals surface area contributed by atoms with Gasteiger partial charge >= 0.3 is 0 Å². The van der Waals surface area contributed by atoms with Crippen LogP contribution in [-0.4, -0.2) is 54.2 Å². The summed E-state index contributed by atoms with van der Waals surface area (Å²) in [6.45, 7) is 1.94. The summed E-state index contributed by atoms with van der Waals surface area (Å²) < 4.78 is 0. The van der Waals surface area contributed by atoms with Gasteiger partial charge in [0.25, 0.3) is 5.91 Å². The van der Waals surface area contributed by atoms with Crippen molar-refractivity contribution >= 4 is 17.7 Å². The second kappa shape index (κ2) is 10.6. The summed E-state index contributed by atoms with van der Waals surface area (Å²) in [5.74, 6) is -0.364. The predicted molar refractivity (Wildman–Crippen MR) is 116 cm³/mol. The minimum absolute atomic E-state index is 0.0105. The first-order chi connectivity index (χ1) is 14.5. The van der Waals surface area contributed by atoms with E-state index in [1.54, 1.807) is 29.0 Å². The number of hydrogen-bond acceptors (Lipinski definition) is 3. The Bertz CT molecular complexity index is 855. The fraction of sp³-hybridized carbons (Fsp3) is 0.375. The molecular formula is C24H29N3O3. The van der Waals surface area contributed by atoms with E-state index in [1.165, 1.54) is 0 Å². The highest BCUT2D eigenvalue weighted by Crippen LogP contribution is 2.19. The number of nitrogens with zero attached hydrogens (tertiary/aromatic N) is 2. The molecule has 158 valence electrons. The van der Waals surface area contributed by atoms with Crippen molar-refractivity contribution in [2.75, 3.05) is 26.7 Å². The van der Waals surface area contributed by atoms with Crippen LogP contribution >= 0.6 is 0 Å². The van der Waals surface area contributed by atoms with Gasteiger partial charge in [-0.3, -0.25) is 14.4 Å². The van der Waals surface area contributed by atoms with Crippen molar-refractivity contribution in [1.29, 1.82) is 0 Å². The van der Waals surface area contributed by atoms with Crippen LogP contribution in [0, 0.1) is 5.92 Å². The van der Waals surface area contributed by atoms with E-state index in [-0.39, 0.29) is 30.1 Å². The summed E-state index contributed by atoms with van der Waals surface area (Å²) >= 11 is 0. The SMILES string of the molecule is CN(Cc1ccccc1)C(=O)CCNC(=O)C1CCCN(C(=O)c2ccccc2)C1. The van der Waals surface area contributed by atoms with E-state index in [0.717, 1.165) is 18.4 Å². The average Bonchev–Trinajstić information content (AvgIpc) is 2.79. The van der Waals surface area contributed by atoms with Gasteiger partial charge in [0.1, 0.15) is 0 Å². The lowest BCUT2D eigenvalue weighted by atomic mass is 9.96. The molecule has 3 amide bonds. The monoisotopic (exact) mass is 407 g/mol. The number of carbonyl (C=O) groups excluding carboxylic acids is 3. The summed E-state index contributed by atoms with van der Waals surface area (Å²) in [5.41, 5.74) is 1.72. The lowest BCUT2D eigenvalue weighted by Gasteiger charge is -2.32. The molecule has 1 aliphatic rings. The number of hydrogen-bond donors (Lipinski definition) is 1. The van der Waals surface area contributed by atoms with Crippen molar-refractivity contribution in [2.45, 2.75) is 25.8 Å². The number of piperidine rings is 1. The van der Waals surface area contributed by atoms with Crippen molar-refractivity contribution in [1.82, 2.24) is 15.1 Å². The quantitative estimate of drug-likeness (QED) is 0.767. The molecule has 1 aliphatic heterocycles. The van der Waals surface area contributed by atoms with Crippen LogP contribution in [0.5, 0.6) is 0 Å². The van der Waals surface area contributed by atoms with Crippen molar-refractivity contribution in [2.24, 2.45) is 5.92 Å². The lowest BCUT2D eigenvalue weighted by Crippen LogP contribution is -2.46. The van der Waals surface area contributed by atoms with E-state index in [9.17, 15) is 14.4 Å². The molecule has 6 heteroatoms. The van der Waals surface area contributed by atoms with E-state index in [2.05, 4.69) is 5.32 Å². The zero-order valence-corrected chi connectivity index (χ0v) is 17.4. The molecule has 1 atom stereocenters. The normalized spacial score (nSPS) is 16.0. The number of rotatable bonds is 7. The molecule has 2 aromatic carbocycles. The van der Waals surface area contributed by atoms with Gasteiger partial charge in [0.15, 0.2) is 0 Å². The van der Waals surface area contributed by atoms with Gasteiger partial charge in [0.05, 0.1) is 5.92 Å². The number of likely N-dealkylation sites (tertiary alicyclic amines) is 1. The van der Waals surface area contributed by atoms with Gasteiger partial charge in [-0.05, 0) is 30.5 Å². The van der Waals surface area contributed by atoms with Gasteiger partial charge in [0, 0.05) is 45.2 Å². The second-order valence-corrected chi connectivity index (χ2v) is 7.73. The van der Waals surface area contributed by atoms with Crippen LogP contribution < -0.4 is 5.32 Å². The van der Waals surface area contributed by atoms with E-state index in [1.807, 2.05) is 48.5 Å². The first-order valence-corrected chi connectivity index (χ1v) is 10.4. The number of benzene rings is 2. The standard InChI is InChI=1S/C24H29N3O3/c1-26(17-19-9-4-2-5-10-19)22(28)14-15-25-23(29)21-13-8-16-27(18-21)24(30)20-11-6-3-7-12-20/h2-7,9-12,21H,8,13-18H2,1H3,(H,25,29). The summed E-state index contributed by atoms with van der Waals surface area (Å²) in [5, 5.41) is 2.88. The van der Waals surface area contributed by atoms with Crippen LogP contribution in [0.15, 0.2) is 60.7 Å². The maximum atomic E-state index is 12.6. The highest BCUT2D eigenvalue weighted by molar-refractivity contribution is 5.94. The predicted octanol–water partition coefficient (Wildman–Crippen LogP) is 2.70. The molecule has 0 aliphatic carbocycles. The van der Waals surface area contributed by atoms with Crippen molar-refractivity contribution in [3.05, 3.63) is 71.8 Å². The van der Waals surface area contributed by atoms with Crippen molar-refractivity contribution < 1.29 is 14.4 Å². The van der Waals surface area contributed by atoms with Crippen LogP contribution in [0.4, 0.5) is 0 Å². The molecule has 1 N–H and O–H groups in total. The molecule has 0 aromatic heterocycles. The highest BCUT2D eigenvalue weighted by atomic mass is 16.2. The molecule has 2 aromatic rings. The Morgan fingerprint density at radius 2 is 1.70 bits per heavy atom. The van der Waals surface area contributed by atoms with E-state index < -0.39 is 0 Å². The van der Waals surface area contributed by atoms with Gasteiger partial charge in [-0.25, -0.2) is 0 Å². The fourth-order valence-electron chi connectivity index (χ4n) is 3.71. The van der Waals surface area contributed by atoms with Gasteiger partial charge in [-0.1, -0.05) is 48.5 Å². The maximum Gasteiger partial charge on any atom is 0.253 e. The molecule has 3 rings (SSSR count). The number of amides is 3. The fourth-order valence-corrected chi connectivity index (χ4v) is 3.71. The highest BCUT2D eigenvalue weighted by Gasteiger charge is 2.28. The minimum Gasteiger partial charge on any atom is -0.355 e. The van der Waals surface area contributed by atoms with E-state index in [0.29, 0.717) is 31.7 Å². The molecule has 0 bridgehead atoms. The molecular weight excluding hydrogens is 378 g/mol. The topological polar surface area (TPSA) is 69.7 Å². The summed E-state index contributed by atoms with van der Waals surface area (Å²) in [6, 6.07) is 19.0. The van der Waals surface area contributed by atoms with E-state index >= 15 is 0 Å². The zero-order chi connectivity index (χ0) is 21.3. The Balaban J connectivity index is 1.43. The molecule has 1 fully saturated rings. The largest absolute Gasteiger partial charge is 0.355 e. The van der Waals surface area contributed by atoms with Gasteiger partial charge < -0.3 is 15.1 Å². The van der Waals surface area contributed by atoms with Gasteiger partial charge in [-0.15, -0.1) is 0 Å². The lowest BCUT2D eigenvalue weighted by molar-refractivity contribution is -0.130. The van der Waals surface area contributed by atoms with Crippen molar-refractivity contribution in [3.8, 4) is 0 Å². The third-order valence-corrected chi connectivity index (χ3v) is 5.43. The summed E-state index contributed by atoms with van der Waals surface area (Å²) in [4.78, 5) is 41.0. The third-order valence-electron chi connectivity index (χ3n) is 5.43. The smallest absolute Gasteiger partial charge is 0.253 e. The Morgan fingerprint density at radius 1 is 1.03 bits per heavy atom. The van der Waals surface area contributed by atoms with E-state index in [4.69, 9.17) is 0 Å². The number of carbonyl (C=O) groups is 3. The van der Waals surface area contributed by atoms with Gasteiger partial charge in [0.2, 0.25) is 11.8 Å². The summed E-state index contributed by atoms with van der Waals surface area (Å²) in [6.07, 6.45) is 1.82. The van der Waals surface area contributed by atoms with Gasteiger partial charge in [-0.2, -0.15) is 0 Å². The Labute approximate surface area is 177 Å². The van der Waals surface area contributed by atoms with Crippen molar-refractivity contribution in [3.63, 3.8) is 0 Å².